The number of para-hydroxylation sites is 1. The predicted octanol–water partition coefficient (Wildman–Crippen LogP) is 4.36. The highest BCUT2D eigenvalue weighted by Crippen LogP contribution is 2.37. The summed E-state index contributed by atoms with van der Waals surface area (Å²) >= 11 is 0. The molecule has 7 nitrogen and oxygen atoms in total. The van der Waals surface area contributed by atoms with Gasteiger partial charge < -0.3 is 10.1 Å². The molecule has 1 aliphatic rings. The van der Waals surface area contributed by atoms with Gasteiger partial charge in [-0.3, -0.25) is 9.59 Å². The minimum absolute atomic E-state index is 0.00520. The highest BCUT2D eigenvalue weighted by atomic mass is 32.2. The molecule has 8 heteroatoms. The number of hydrogen-bond donors (Lipinski definition) is 1. The van der Waals surface area contributed by atoms with E-state index in [1.165, 1.54) is 14.0 Å². The Morgan fingerprint density at radius 2 is 1.59 bits per heavy atom. The number of sulfonamides is 1. The molecule has 0 atom stereocenters. The number of nitrogens with zero attached hydrogens (tertiary/aromatic N) is 1. The minimum atomic E-state index is -4.03. The van der Waals surface area contributed by atoms with Gasteiger partial charge in [0.25, 0.3) is 21.8 Å². The van der Waals surface area contributed by atoms with E-state index in [0.717, 1.165) is 15.6 Å². The van der Waals surface area contributed by atoms with Crippen molar-refractivity contribution in [1.29, 1.82) is 0 Å². The Morgan fingerprint density at radius 3 is 2.21 bits per heavy atom. The molecule has 0 bridgehead atoms. The molecule has 0 saturated heterocycles. The summed E-state index contributed by atoms with van der Waals surface area (Å²) in [4.78, 5) is 25.4. The number of rotatable bonds is 6. The van der Waals surface area contributed by atoms with Crippen molar-refractivity contribution in [2.45, 2.75) is 20.4 Å². The van der Waals surface area contributed by atoms with Crippen molar-refractivity contribution in [1.82, 2.24) is 4.31 Å². The van der Waals surface area contributed by atoms with E-state index in [1.54, 1.807) is 48.5 Å². The lowest BCUT2D eigenvalue weighted by Gasteiger charge is -2.17. The van der Waals surface area contributed by atoms with E-state index < -0.39 is 15.9 Å². The van der Waals surface area contributed by atoms with Gasteiger partial charge in [-0.15, -0.1) is 0 Å². The number of amides is 2. The summed E-state index contributed by atoms with van der Waals surface area (Å²) in [7, 11) is -2.50. The molecule has 0 radical (unpaired) electrons. The zero-order chi connectivity index (χ0) is 24.5. The average Bonchev–Trinajstić information content (AvgIpc) is 3.00. The van der Waals surface area contributed by atoms with Gasteiger partial charge in [0.1, 0.15) is 10.7 Å². The Morgan fingerprint density at radius 1 is 0.941 bits per heavy atom. The first kappa shape index (κ1) is 23.3. The van der Waals surface area contributed by atoms with Crippen LogP contribution in [0, 0.1) is 6.92 Å². The largest absolute Gasteiger partial charge is 0.497 e. The van der Waals surface area contributed by atoms with E-state index in [1.807, 2.05) is 31.2 Å². The highest BCUT2D eigenvalue weighted by molar-refractivity contribution is 7.99. The van der Waals surface area contributed by atoms with Gasteiger partial charge in [-0.2, -0.15) is 0 Å². The average molecular weight is 477 g/mol. The van der Waals surface area contributed by atoms with Gasteiger partial charge in [-0.25, -0.2) is 12.7 Å². The van der Waals surface area contributed by atoms with Crippen molar-refractivity contribution in [3.63, 3.8) is 0 Å². The molecule has 4 rings (SSSR count). The number of aryl methyl sites for hydroxylation is 1. The third-order valence-electron chi connectivity index (χ3n) is 5.72. The molecule has 2 amide bonds. The van der Waals surface area contributed by atoms with Crippen LogP contribution in [0.2, 0.25) is 0 Å². The molecule has 0 unspecified atom stereocenters. The smallest absolute Gasteiger partial charge is 0.268 e. The fourth-order valence-corrected chi connectivity index (χ4v) is 5.60. The maximum atomic E-state index is 13.2. The summed E-state index contributed by atoms with van der Waals surface area (Å²) in [6.45, 7) is 3.29. The summed E-state index contributed by atoms with van der Waals surface area (Å²) in [6.07, 6.45) is 0. The molecule has 0 aromatic heterocycles. The number of carbonyl (C=O) groups excluding carboxylic acids is 2. The zero-order valence-corrected chi connectivity index (χ0v) is 19.8. The number of benzene rings is 3. The van der Waals surface area contributed by atoms with Gasteiger partial charge >= 0.3 is 0 Å². The van der Waals surface area contributed by atoms with Gasteiger partial charge in [0, 0.05) is 16.8 Å². The van der Waals surface area contributed by atoms with Crippen LogP contribution < -0.4 is 10.1 Å². The van der Waals surface area contributed by atoms with Crippen molar-refractivity contribution >= 4 is 32.4 Å². The van der Waals surface area contributed by atoms with E-state index in [9.17, 15) is 18.0 Å². The number of carbonyl (C=O) groups is 2. The number of anilines is 1. The molecule has 34 heavy (non-hydrogen) atoms. The van der Waals surface area contributed by atoms with Gasteiger partial charge in [0.15, 0.2) is 0 Å². The topological polar surface area (TPSA) is 92.8 Å². The quantitative estimate of drug-likeness (QED) is 0.571. The zero-order valence-electron chi connectivity index (χ0n) is 19.0. The highest BCUT2D eigenvalue weighted by Gasteiger charge is 2.42. The molecule has 0 fully saturated rings. The van der Waals surface area contributed by atoms with Crippen molar-refractivity contribution < 1.29 is 22.7 Å². The summed E-state index contributed by atoms with van der Waals surface area (Å²) in [6, 6.07) is 20.5. The summed E-state index contributed by atoms with van der Waals surface area (Å²) in [5.74, 6) is -0.246. The fraction of sp³-hybridized carbons (Fsp3) is 0.154. The number of nitrogens with one attached hydrogen (secondary N) is 1. The molecule has 1 aliphatic heterocycles. The van der Waals surface area contributed by atoms with Gasteiger partial charge in [0.05, 0.1) is 13.7 Å². The van der Waals surface area contributed by atoms with Crippen LogP contribution in [0.15, 0.2) is 78.4 Å². The molecular formula is C26H24N2O5S. The van der Waals surface area contributed by atoms with Crippen LogP contribution in [0.4, 0.5) is 5.69 Å². The second-order valence-corrected chi connectivity index (χ2v) is 9.76. The Bertz CT molecular complexity index is 1390. The van der Waals surface area contributed by atoms with Crippen LogP contribution in [-0.4, -0.2) is 31.6 Å². The second kappa shape index (κ2) is 9.15. The lowest BCUT2D eigenvalue weighted by molar-refractivity contribution is -0.122. The van der Waals surface area contributed by atoms with Gasteiger partial charge in [-0.1, -0.05) is 30.3 Å². The Hall–Kier alpha value is -3.91. The van der Waals surface area contributed by atoms with E-state index in [0.29, 0.717) is 22.4 Å². The SMILES string of the molecule is COc1ccc(C2=C(C)C(=O)N(Cc3ccc(C(=O)Nc4ccccc4C)cc3)S2(=O)=O)cc1. The molecule has 174 valence electrons. The first-order valence-electron chi connectivity index (χ1n) is 10.6. The Labute approximate surface area is 198 Å². The van der Waals surface area contributed by atoms with Crippen molar-refractivity contribution in [2.75, 3.05) is 12.4 Å². The molecule has 0 saturated carbocycles. The third-order valence-corrected chi connectivity index (χ3v) is 7.66. The second-order valence-electron chi connectivity index (χ2n) is 7.97. The van der Waals surface area contributed by atoms with Crippen LogP contribution in [0.5, 0.6) is 5.75 Å². The molecule has 1 N–H and O–H groups in total. The van der Waals surface area contributed by atoms with Crippen LogP contribution in [0.25, 0.3) is 4.91 Å². The molecular weight excluding hydrogens is 452 g/mol. The van der Waals surface area contributed by atoms with E-state index in [4.69, 9.17) is 4.74 Å². The minimum Gasteiger partial charge on any atom is -0.497 e. The first-order chi connectivity index (χ1) is 16.2. The summed E-state index contributed by atoms with van der Waals surface area (Å²) < 4.78 is 32.5. The van der Waals surface area contributed by atoms with Crippen LogP contribution in [0.3, 0.4) is 0 Å². The normalized spacial score (nSPS) is 14.9. The van der Waals surface area contributed by atoms with Crippen LogP contribution >= 0.6 is 0 Å². The molecule has 0 aliphatic carbocycles. The van der Waals surface area contributed by atoms with Gasteiger partial charge in [0.2, 0.25) is 0 Å². The lowest BCUT2D eigenvalue weighted by atomic mass is 10.1. The lowest BCUT2D eigenvalue weighted by Crippen LogP contribution is -2.30. The molecule has 1 heterocycles. The number of methoxy groups -OCH3 is 1. The van der Waals surface area contributed by atoms with Crippen LogP contribution in [-0.2, 0) is 21.4 Å². The van der Waals surface area contributed by atoms with Gasteiger partial charge in [-0.05, 0) is 73.0 Å². The Kier molecular flexibility index (Phi) is 6.26. The van der Waals surface area contributed by atoms with Crippen LogP contribution in [0.1, 0.15) is 34.0 Å². The van der Waals surface area contributed by atoms with Crippen molar-refractivity contribution in [3.05, 3.63) is 101 Å². The number of hydrogen-bond acceptors (Lipinski definition) is 5. The fourth-order valence-electron chi connectivity index (χ4n) is 3.80. The summed E-state index contributed by atoms with van der Waals surface area (Å²) in [5, 5.41) is 2.86. The first-order valence-corrected chi connectivity index (χ1v) is 12.0. The monoisotopic (exact) mass is 476 g/mol. The standard InChI is InChI=1S/C26H24N2O5S/c1-17-6-4-5-7-23(17)27-25(29)21-10-8-19(9-11-21)16-28-26(30)18(2)24(34(28,31)32)20-12-14-22(33-3)15-13-20/h4-15H,16H2,1-3H3,(H,27,29). The molecule has 3 aromatic carbocycles. The van der Waals surface area contributed by atoms with E-state index >= 15 is 0 Å². The number of ether oxygens (including phenoxy) is 1. The van der Waals surface area contributed by atoms with E-state index in [-0.39, 0.29) is 22.9 Å². The molecule has 3 aromatic rings. The van der Waals surface area contributed by atoms with Crippen molar-refractivity contribution in [2.24, 2.45) is 0 Å². The maximum absolute atomic E-state index is 13.2. The van der Waals surface area contributed by atoms with Crippen molar-refractivity contribution in [3.8, 4) is 5.75 Å². The predicted molar refractivity (Wildman–Crippen MR) is 131 cm³/mol. The maximum Gasteiger partial charge on any atom is 0.268 e. The summed E-state index contributed by atoms with van der Waals surface area (Å²) in [5.41, 5.74) is 3.28. The Balaban J connectivity index is 1.52. The third kappa shape index (κ3) is 4.32. The molecule has 0 spiro atoms. The van der Waals surface area contributed by atoms with E-state index in [2.05, 4.69) is 5.32 Å².